The van der Waals surface area contributed by atoms with E-state index in [1.54, 1.807) is 6.92 Å². The first kappa shape index (κ1) is 8.94. The average Bonchev–Trinajstić information content (AvgIpc) is 1.89. The van der Waals surface area contributed by atoms with Crippen LogP contribution in [0.1, 0.15) is 13.3 Å². The summed E-state index contributed by atoms with van der Waals surface area (Å²) in [6, 6.07) is 0. The molecule has 0 saturated heterocycles. The Bertz CT molecular complexity index is 110. The van der Waals surface area contributed by atoms with E-state index < -0.39 is 0 Å². The molecule has 0 unspecified atom stereocenters. The highest BCUT2D eigenvalue weighted by atomic mass is 16.5. The Morgan fingerprint density at radius 1 is 1.60 bits per heavy atom. The predicted octanol–water partition coefficient (Wildman–Crippen LogP) is 0.113. The van der Waals surface area contributed by atoms with Gasteiger partial charge in [0, 0.05) is 0 Å². The predicted molar refractivity (Wildman–Crippen MR) is 33.3 cm³/mol. The zero-order chi connectivity index (χ0) is 7.82. The maximum Gasteiger partial charge on any atom is 0.309 e. The van der Waals surface area contributed by atoms with E-state index in [1.807, 2.05) is 0 Å². The van der Waals surface area contributed by atoms with E-state index in [0.717, 1.165) is 0 Å². The SMILES string of the molecule is CCOC(=O)CCOC=O. The molecule has 0 bridgehead atoms. The van der Waals surface area contributed by atoms with Gasteiger partial charge in [-0.15, -0.1) is 0 Å². The standard InChI is InChI=1S/C6H10O4/c1-2-10-6(8)3-4-9-5-7/h5H,2-4H2,1H3. The van der Waals surface area contributed by atoms with Gasteiger partial charge in [-0.05, 0) is 6.92 Å². The Hall–Kier alpha value is -1.06. The second-order valence-corrected chi connectivity index (χ2v) is 1.52. The van der Waals surface area contributed by atoms with Crippen molar-refractivity contribution in [1.29, 1.82) is 0 Å². The molecule has 4 heteroatoms. The summed E-state index contributed by atoms with van der Waals surface area (Å²) in [4.78, 5) is 20.1. The molecule has 0 aromatic rings. The van der Waals surface area contributed by atoms with Crippen molar-refractivity contribution >= 4 is 12.4 Å². The van der Waals surface area contributed by atoms with Crippen LogP contribution in [0.2, 0.25) is 0 Å². The summed E-state index contributed by atoms with van der Waals surface area (Å²) in [5.41, 5.74) is 0. The van der Waals surface area contributed by atoms with Crippen LogP contribution in [-0.4, -0.2) is 25.7 Å². The fraction of sp³-hybridized carbons (Fsp3) is 0.667. The summed E-state index contributed by atoms with van der Waals surface area (Å²) >= 11 is 0. The molecule has 0 atom stereocenters. The molecule has 0 rings (SSSR count). The van der Waals surface area contributed by atoms with Crippen LogP contribution in [0.15, 0.2) is 0 Å². The van der Waals surface area contributed by atoms with Crippen LogP contribution in [0.4, 0.5) is 0 Å². The summed E-state index contributed by atoms with van der Waals surface area (Å²) in [5, 5.41) is 0. The molecule has 0 spiro atoms. The number of esters is 1. The Balaban J connectivity index is 3.13. The lowest BCUT2D eigenvalue weighted by Crippen LogP contribution is -2.07. The molecule has 0 aliphatic carbocycles. The van der Waals surface area contributed by atoms with E-state index in [1.165, 1.54) is 0 Å². The lowest BCUT2D eigenvalue weighted by Gasteiger charge is -1.98. The quantitative estimate of drug-likeness (QED) is 0.314. The van der Waals surface area contributed by atoms with Crippen molar-refractivity contribution in [3.8, 4) is 0 Å². The molecule has 0 radical (unpaired) electrons. The van der Waals surface area contributed by atoms with Gasteiger partial charge in [0.25, 0.3) is 6.47 Å². The van der Waals surface area contributed by atoms with Crippen LogP contribution in [0.25, 0.3) is 0 Å². The Labute approximate surface area is 59.1 Å². The number of rotatable bonds is 5. The third-order valence-corrected chi connectivity index (χ3v) is 0.797. The van der Waals surface area contributed by atoms with Gasteiger partial charge in [-0.3, -0.25) is 9.59 Å². The van der Waals surface area contributed by atoms with Gasteiger partial charge in [-0.1, -0.05) is 0 Å². The molecule has 4 nitrogen and oxygen atoms in total. The third-order valence-electron chi connectivity index (χ3n) is 0.797. The molecule has 0 aliphatic heterocycles. The largest absolute Gasteiger partial charge is 0.467 e. The van der Waals surface area contributed by atoms with Crippen molar-refractivity contribution < 1.29 is 19.1 Å². The van der Waals surface area contributed by atoms with Crippen molar-refractivity contribution in [3.05, 3.63) is 0 Å². The molecule has 0 fully saturated rings. The second kappa shape index (κ2) is 6.07. The first-order chi connectivity index (χ1) is 4.81. The van der Waals surface area contributed by atoms with Gasteiger partial charge in [-0.2, -0.15) is 0 Å². The highest BCUT2D eigenvalue weighted by Crippen LogP contribution is 1.85. The highest BCUT2D eigenvalue weighted by Gasteiger charge is 1.99. The summed E-state index contributed by atoms with van der Waals surface area (Å²) in [5.74, 6) is -0.343. The minimum Gasteiger partial charge on any atom is -0.467 e. The molecule has 0 heterocycles. The van der Waals surface area contributed by atoms with Crippen LogP contribution in [0.5, 0.6) is 0 Å². The normalized spacial score (nSPS) is 8.50. The van der Waals surface area contributed by atoms with E-state index in [0.29, 0.717) is 13.1 Å². The van der Waals surface area contributed by atoms with Gasteiger partial charge in [0.15, 0.2) is 0 Å². The third kappa shape index (κ3) is 5.08. The minimum atomic E-state index is -0.343. The van der Waals surface area contributed by atoms with Gasteiger partial charge in [-0.25, -0.2) is 0 Å². The summed E-state index contributed by atoms with van der Waals surface area (Å²) in [6.45, 7) is 2.49. The first-order valence-electron chi connectivity index (χ1n) is 3.02. The summed E-state index contributed by atoms with van der Waals surface area (Å²) in [6.07, 6.45) is 0.132. The lowest BCUT2D eigenvalue weighted by atomic mass is 10.5. The van der Waals surface area contributed by atoms with Crippen molar-refractivity contribution in [2.75, 3.05) is 13.2 Å². The minimum absolute atomic E-state index is 0.0995. The molecule has 0 saturated carbocycles. The van der Waals surface area contributed by atoms with Crippen LogP contribution < -0.4 is 0 Å². The van der Waals surface area contributed by atoms with Gasteiger partial charge < -0.3 is 9.47 Å². The highest BCUT2D eigenvalue weighted by molar-refractivity contribution is 5.69. The number of carbonyl (C=O) groups excluding carboxylic acids is 2. The van der Waals surface area contributed by atoms with Crippen LogP contribution in [0.3, 0.4) is 0 Å². The van der Waals surface area contributed by atoms with Gasteiger partial charge in [0.05, 0.1) is 13.0 Å². The van der Waals surface area contributed by atoms with Crippen LogP contribution in [0, 0.1) is 0 Å². The molecule has 0 N–H and O–H groups in total. The van der Waals surface area contributed by atoms with Crippen molar-refractivity contribution in [1.82, 2.24) is 0 Å². The number of ether oxygens (including phenoxy) is 2. The number of carbonyl (C=O) groups is 2. The number of hydrogen-bond acceptors (Lipinski definition) is 4. The van der Waals surface area contributed by atoms with Gasteiger partial charge in [0.2, 0.25) is 0 Å². The fourth-order valence-electron chi connectivity index (χ4n) is 0.424. The zero-order valence-electron chi connectivity index (χ0n) is 5.83. The molecular weight excluding hydrogens is 136 g/mol. The second-order valence-electron chi connectivity index (χ2n) is 1.52. The topological polar surface area (TPSA) is 52.6 Å². The fourth-order valence-corrected chi connectivity index (χ4v) is 0.424. The molecule has 0 aliphatic rings. The van der Waals surface area contributed by atoms with Crippen molar-refractivity contribution in [3.63, 3.8) is 0 Å². The van der Waals surface area contributed by atoms with E-state index in [4.69, 9.17) is 0 Å². The molecular formula is C6H10O4. The first-order valence-corrected chi connectivity index (χ1v) is 3.02. The molecule has 0 aromatic heterocycles. The lowest BCUT2D eigenvalue weighted by molar-refractivity contribution is -0.145. The van der Waals surface area contributed by atoms with Crippen molar-refractivity contribution in [2.45, 2.75) is 13.3 Å². The maximum absolute atomic E-state index is 10.5. The zero-order valence-corrected chi connectivity index (χ0v) is 5.83. The van der Waals surface area contributed by atoms with E-state index in [9.17, 15) is 9.59 Å². The summed E-state index contributed by atoms with van der Waals surface area (Å²) in [7, 11) is 0. The van der Waals surface area contributed by atoms with E-state index in [-0.39, 0.29) is 19.0 Å². The van der Waals surface area contributed by atoms with Crippen molar-refractivity contribution in [2.24, 2.45) is 0 Å². The smallest absolute Gasteiger partial charge is 0.309 e. The molecule has 58 valence electrons. The van der Waals surface area contributed by atoms with Gasteiger partial charge >= 0.3 is 5.97 Å². The average molecular weight is 146 g/mol. The molecule has 0 aromatic carbocycles. The molecule has 0 amide bonds. The molecule has 10 heavy (non-hydrogen) atoms. The Morgan fingerprint density at radius 3 is 2.80 bits per heavy atom. The monoisotopic (exact) mass is 146 g/mol. The van der Waals surface area contributed by atoms with E-state index >= 15 is 0 Å². The maximum atomic E-state index is 10.5. The van der Waals surface area contributed by atoms with Crippen LogP contribution in [-0.2, 0) is 19.1 Å². The van der Waals surface area contributed by atoms with E-state index in [2.05, 4.69) is 9.47 Å². The number of hydrogen-bond donors (Lipinski definition) is 0. The Morgan fingerprint density at radius 2 is 2.30 bits per heavy atom. The summed E-state index contributed by atoms with van der Waals surface area (Å²) < 4.78 is 8.82. The van der Waals surface area contributed by atoms with Gasteiger partial charge in [0.1, 0.15) is 6.61 Å². The van der Waals surface area contributed by atoms with Crippen LogP contribution >= 0.6 is 0 Å². The Kier molecular flexibility index (Phi) is 5.42.